The SMILES string of the molecule is Cc1cc(C(=O)NC(C)CC(O)c2ccccc2)c(F)cc1F. The minimum atomic E-state index is -0.901. The number of aryl methyl sites for hydroxylation is 1. The Morgan fingerprint density at radius 3 is 2.48 bits per heavy atom. The van der Waals surface area contributed by atoms with Crippen molar-refractivity contribution < 1.29 is 18.7 Å². The number of rotatable bonds is 5. The lowest BCUT2D eigenvalue weighted by Crippen LogP contribution is -2.34. The zero-order valence-electron chi connectivity index (χ0n) is 13.0. The first-order valence-corrected chi connectivity index (χ1v) is 7.38. The zero-order chi connectivity index (χ0) is 17.0. The Kier molecular flexibility index (Phi) is 5.45. The lowest BCUT2D eigenvalue weighted by molar-refractivity contribution is 0.0913. The summed E-state index contributed by atoms with van der Waals surface area (Å²) in [6, 6.07) is 10.6. The predicted octanol–water partition coefficient (Wildman–Crippen LogP) is 3.52. The van der Waals surface area contributed by atoms with Crippen LogP contribution >= 0.6 is 0 Å². The molecule has 0 heterocycles. The van der Waals surface area contributed by atoms with E-state index >= 15 is 0 Å². The van der Waals surface area contributed by atoms with E-state index in [4.69, 9.17) is 0 Å². The summed E-state index contributed by atoms with van der Waals surface area (Å²) in [4.78, 5) is 12.1. The van der Waals surface area contributed by atoms with E-state index in [1.807, 2.05) is 18.2 Å². The van der Waals surface area contributed by atoms with Gasteiger partial charge in [-0.3, -0.25) is 4.79 Å². The molecule has 23 heavy (non-hydrogen) atoms. The van der Waals surface area contributed by atoms with E-state index in [-0.39, 0.29) is 23.6 Å². The molecule has 1 amide bonds. The van der Waals surface area contributed by atoms with Crippen molar-refractivity contribution in [3.8, 4) is 0 Å². The summed E-state index contributed by atoms with van der Waals surface area (Å²) in [6.07, 6.45) is -0.441. The topological polar surface area (TPSA) is 49.3 Å². The molecule has 0 bridgehead atoms. The van der Waals surface area contributed by atoms with Gasteiger partial charge in [0.15, 0.2) is 0 Å². The Bertz CT molecular complexity index is 689. The van der Waals surface area contributed by atoms with E-state index in [1.54, 1.807) is 19.1 Å². The minimum absolute atomic E-state index is 0.202. The van der Waals surface area contributed by atoms with Crippen LogP contribution < -0.4 is 5.32 Å². The van der Waals surface area contributed by atoms with Gasteiger partial charge in [-0.25, -0.2) is 8.78 Å². The van der Waals surface area contributed by atoms with Crippen molar-refractivity contribution in [1.82, 2.24) is 5.32 Å². The Labute approximate surface area is 134 Å². The molecule has 3 nitrogen and oxygen atoms in total. The van der Waals surface area contributed by atoms with Crippen molar-refractivity contribution in [2.45, 2.75) is 32.4 Å². The molecule has 2 atom stereocenters. The van der Waals surface area contributed by atoms with Crippen molar-refractivity contribution in [2.75, 3.05) is 0 Å². The second-order valence-corrected chi connectivity index (χ2v) is 5.62. The van der Waals surface area contributed by atoms with E-state index in [2.05, 4.69) is 5.32 Å². The molecule has 0 aliphatic heterocycles. The van der Waals surface area contributed by atoms with Gasteiger partial charge < -0.3 is 10.4 Å². The van der Waals surface area contributed by atoms with Gasteiger partial charge in [0.05, 0.1) is 11.7 Å². The fourth-order valence-electron chi connectivity index (χ4n) is 2.34. The number of hydrogen-bond donors (Lipinski definition) is 2. The molecule has 0 radical (unpaired) electrons. The Morgan fingerprint density at radius 2 is 1.83 bits per heavy atom. The van der Waals surface area contributed by atoms with E-state index in [9.17, 15) is 18.7 Å². The largest absolute Gasteiger partial charge is 0.388 e. The summed E-state index contributed by atoms with van der Waals surface area (Å²) >= 11 is 0. The van der Waals surface area contributed by atoms with E-state index in [1.165, 1.54) is 13.0 Å². The molecule has 2 rings (SSSR count). The number of carbonyl (C=O) groups is 1. The number of aliphatic hydroxyl groups is 1. The van der Waals surface area contributed by atoms with Crippen LogP contribution in [0.2, 0.25) is 0 Å². The third-order valence-electron chi connectivity index (χ3n) is 3.63. The van der Waals surface area contributed by atoms with Crippen molar-refractivity contribution in [3.05, 3.63) is 70.8 Å². The summed E-state index contributed by atoms with van der Waals surface area (Å²) < 4.78 is 26.9. The standard InChI is InChI=1S/C18H19F2NO2/c1-11-8-14(16(20)10-15(11)19)18(23)21-12(2)9-17(22)13-6-4-3-5-7-13/h3-8,10,12,17,22H,9H2,1-2H3,(H,21,23). The van der Waals surface area contributed by atoms with Gasteiger partial charge in [0, 0.05) is 12.1 Å². The van der Waals surface area contributed by atoms with Crippen LogP contribution in [0.25, 0.3) is 0 Å². The van der Waals surface area contributed by atoms with Crippen LogP contribution in [-0.4, -0.2) is 17.1 Å². The number of aliphatic hydroxyl groups excluding tert-OH is 1. The maximum absolute atomic E-state index is 13.7. The second-order valence-electron chi connectivity index (χ2n) is 5.62. The first kappa shape index (κ1) is 17.1. The molecular weight excluding hydrogens is 300 g/mol. The van der Waals surface area contributed by atoms with Gasteiger partial charge >= 0.3 is 0 Å². The third-order valence-corrected chi connectivity index (χ3v) is 3.63. The van der Waals surface area contributed by atoms with Crippen LogP contribution in [0.4, 0.5) is 8.78 Å². The summed E-state index contributed by atoms with van der Waals surface area (Å²) in [6.45, 7) is 3.19. The molecule has 2 aromatic rings. The average Bonchev–Trinajstić information content (AvgIpc) is 2.51. The Morgan fingerprint density at radius 1 is 1.17 bits per heavy atom. The van der Waals surface area contributed by atoms with Crippen molar-refractivity contribution in [2.24, 2.45) is 0 Å². The fraction of sp³-hybridized carbons (Fsp3) is 0.278. The van der Waals surface area contributed by atoms with Crippen molar-refractivity contribution >= 4 is 5.91 Å². The van der Waals surface area contributed by atoms with Crippen molar-refractivity contribution in [1.29, 1.82) is 0 Å². The highest BCUT2D eigenvalue weighted by Gasteiger charge is 2.18. The highest BCUT2D eigenvalue weighted by atomic mass is 19.1. The normalized spacial score (nSPS) is 13.4. The van der Waals surface area contributed by atoms with Gasteiger partial charge in [-0.2, -0.15) is 0 Å². The van der Waals surface area contributed by atoms with Gasteiger partial charge in [0.2, 0.25) is 0 Å². The lowest BCUT2D eigenvalue weighted by atomic mass is 10.0. The van der Waals surface area contributed by atoms with E-state index < -0.39 is 23.6 Å². The molecular formula is C18H19F2NO2. The van der Waals surface area contributed by atoms with Crippen LogP contribution in [0.3, 0.4) is 0 Å². The van der Waals surface area contributed by atoms with Gasteiger partial charge in [-0.15, -0.1) is 0 Å². The number of nitrogens with one attached hydrogen (secondary N) is 1. The molecule has 5 heteroatoms. The average molecular weight is 319 g/mol. The summed E-state index contributed by atoms with van der Waals surface area (Å²) in [5.74, 6) is -2.22. The maximum Gasteiger partial charge on any atom is 0.254 e. The third kappa shape index (κ3) is 4.36. The molecule has 0 aliphatic rings. The summed E-state index contributed by atoms with van der Waals surface area (Å²) in [5, 5.41) is 12.8. The molecule has 0 fully saturated rings. The second kappa shape index (κ2) is 7.33. The van der Waals surface area contributed by atoms with Crippen LogP contribution in [0, 0.1) is 18.6 Å². The number of benzene rings is 2. The van der Waals surface area contributed by atoms with Gasteiger partial charge in [0.1, 0.15) is 11.6 Å². The quantitative estimate of drug-likeness (QED) is 0.886. The lowest BCUT2D eigenvalue weighted by Gasteiger charge is -2.18. The van der Waals surface area contributed by atoms with Gasteiger partial charge in [-0.05, 0) is 37.5 Å². The number of hydrogen-bond acceptors (Lipinski definition) is 2. The zero-order valence-corrected chi connectivity index (χ0v) is 13.0. The van der Waals surface area contributed by atoms with Crippen LogP contribution in [0.1, 0.15) is 40.9 Å². The smallest absolute Gasteiger partial charge is 0.254 e. The van der Waals surface area contributed by atoms with Crippen LogP contribution in [-0.2, 0) is 0 Å². The van der Waals surface area contributed by atoms with E-state index in [0.717, 1.165) is 5.56 Å². The Hall–Kier alpha value is -2.27. The van der Waals surface area contributed by atoms with Gasteiger partial charge in [-0.1, -0.05) is 30.3 Å². The highest BCUT2D eigenvalue weighted by molar-refractivity contribution is 5.94. The molecule has 2 aromatic carbocycles. The number of halogens is 2. The summed E-state index contributed by atoms with van der Waals surface area (Å²) in [7, 11) is 0. The van der Waals surface area contributed by atoms with Crippen molar-refractivity contribution in [3.63, 3.8) is 0 Å². The van der Waals surface area contributed by atoms with Crippen LogP contribution in [0.15, 0.2) is 42.5 Å². The molecule has 0 saturated carbocycles. The predicted molar refractivity (Wildman–Crippen MR) is 84.0 cm³/mol. The minimum Gasteiger partial charge on any atom is -0.388 e. The van der Waals surface area contributed by atoms with Gasteiger partial charge in [0.25, 0.3) is 5.91 Å². The molecule has 0 aromatic heterocycles. The molecule has 2 unspecified atom stereocenters. The molecule has 0 saturated heterocycles. The fourth-order valence-corrected chi connectivity index (χ4v) is 2.34. The monoisotopic (exact) mass is 319 g/mol. The highest BCUT2D eigenvalue weighted by Crippen LogP contribution is 2.19. The number of carbonyl (C=O) groups excluding carboxylic acids is 1. The first-order chi connectivity index (χ1) is 10.9. The molecule has 2 N–H and O–H groups in total. The Balaban J connectivity index is 2.01. The number of amides is 1. The first-order valence-electron chi connectivity index (χ1n) is 7.38. The van der Waals surface area contributed by atoms with E-state index in [0.29, 0.717) is 6.07 Å². The molecule has 122 valence electrons. The summed E-state index contributed by atoms with van der Waals surface area (Å²) in [5.41, 5.74) is 0.746. The molecule has 0 spiro atoms. The molecule has 0 aliphatic carbocycles. The maximum atomic E-state index is 13.7. The van der Waals surface area contributed by atoms with Crippen LogP contribution in [0.5, 0.6) is 0 Å².